The van der Waals surface area contributed by atoms with Gasteiger partial charge in [0.25, 0.3) is 0 Å². The van der Waals surface area contributed by atoms with Crippen LogP contribution in [-0.4, -0.2) is 53.5 Å². The molecule has 0 aromatic heterocycles. The Morgan fingerprint density at radius 2 is 1.23 bits per heavy atom. The maximum atomic E-state index is 11.8. The van der Waals surface area contributed by atoms with Crippen LogP contribution in [0.1, 0.15) is 104 Å². The molecule has 7 heteroatoms. The van der Waals surface area contributed by atoms with Gasteiger partial charge in [0.1, 0.15) is 6.04 Å². The zero-order valence-corrected chi connectivity index (χ0v) is 19.3. The lowest BCUT2D eigenvalue weighted by Crippen LogP contribution is -2.43. The van der Waals surface area contributed by atoms with Crippen LogP contribution in [0.25, 0.3) is 0 Å². The van der Waals surface area contributed by atoms with E-state index in [9.17, 15) is 14.4 Å². The highest BCUT2D eigenvalue weighted by molar-refractivity contribution is 5.88. The summed E-state index contributed by atoms with van der Waals surface area (Å²) in [6.07, 6.45) is 14.4. The molecule has 0 fully saturated rings. The molecule has 2 amide bonds. The van der Waals surface area contributed by atoms with Gasteiger partial charge < -0.3 is 21.1 Å². The van der Waals surface area contributed by atoms with Crippen LogP contribution < -0.4 is 11.1 Å². The number of aliphatic carboxylic acids is 1. The van der Waals surface area contributed by atoms with E-state index in [1.165, 1.54) is 64.3 Å². The number of amides is 2. The summed E-state index contributed by atoms with van der Waals surface area (Å²) >= 11 is 0. The topological polar surface area (TPSA) is 113 Å². The number of nitrogens with one attached hydrogen (secondary N) is 1. The molecule has 0 bridgehead atoms. The second-order valence-corrected chi connectivity index (χ2v) is 8.15. The van der Waals surface area contributed by atoms with Crippen molar-refractivity contribution in [1.82, 2.24) is 10.2 Å². The van der Waals surface area contributed by atoms with E-state index in [-0.39, 0.29) is 18.7 Å². The highest BCUT2D eigenvalue weighted by Gasteiger charge is 2.21. The summed E-state index contributed by atoms with van der Waals surface area (Å²) in [7, 11) is 0. The van der Waals surface area contributed by atoms with Gasteiger partial charge in [-0.15, -0.1) is 0 Å². The predicted octanol–water partition coefficient (Wildman–Crippen LogP) is 3.84. The van der Waals surface area contributed by atoms with Crippen molar-refractivity contribution in [3.8, 4) is 0 Å². The fraction of sp³-hybridized carbons (Fsp3) is 0.870. The van der Waals surface area contributed by atoms with Crippen LogP contribution in [0.4, 0.5) is 0 Å². The van der Waals surface area contributed by atoms with Crippen LogP contribution in [0, 0.1) is 0 Å². The largest absolute Gasteiger partial charge is 0.480 e. The molecule has 0 aliphatic rings. The van der Waals surface area contributed by atoms with Crippen molar-refractivity contribution >= 4 is 17.8 Å². The molecule has 30 heavy (non-hydrogen) atoms. The van der Waals surface area contributed by atoms with Crippen LogP contribution in [0.3, 0.4) is 0 Å². The van der Waals surface area contributed by atoms with Crippen LogP contribution in [-0.2, 0) is 14.4 Å². The quantitative estimate of drug-likeness (QED) is 0.241. The molecule has 0 aromatic carbocycles. The Morgan fingerprint density at radius 3 is 1.63 bits per heavy atom. The van der Waals surface area contributed by atoms with Crippen molar-refractivity contribution in [2.24, 2.45) is 5.73 Å². The summed E-state index contributed by atoms with van der Waals surface area (Å²) in [4.78, 5) is 36.1. The smallest absolute Gasteiger partial charge is 0.326 e. The molecule has 0 heterocycles. The molecule has 0 aliphatic heterocycles. The van der Waals surface area contributed by atoms with Gasteiger partial charge in [-0.3, -0.25) is 9.59 Å². The monoisotopic (exact) mass is 427 g/mol. The Balaban J connectivity index is 3.44. The summed E-state index contributed by atoms with van der Waals surface area (Å²) in [5, 5.41) is 11.3. The van der Waals surface area contributed by atoms with E-state index in [1.807, 2.05) is 0 Å². The Bertz CT molecular complexity index is 467. The first kappa shape index (κ1) is 28.4. The molecular weight excluding hydrogens is 382 g/mol. The molecule has 0 saturated carbocycles. The third-order valence-electron chi connectivity index (χ3n) is 5.56. The number of rotatable bonds is 21. The third kappa shape index (κ3) is 17.2. The zero-order chi connectivity index (χ0) is 22.6. The van der Waals surface area contributed by atoms with Gasteiger partial charge in [-0.2, -0.15) is 0 Å². The standard InChI is InChI=1S/C23H45N3O4/c1-3-26(4-2)18-16-14-12-10-8-6-5-7-9-11-13-15-17-22(28)25-20(23(29)30)19-21(24)27/h20H,3-19H2,1-2H3,(H2,24,27)(H,25,28)(H,29,30). The number of carboxylic acid groups (broad SMARTS) is 1. The van der Waals surface area contributed by atoms with Gasteiger partial charge in [0.15, 0.2) is 0 Å². The van der Waals surface area contributed by atoms with E-state index in [1.54, 1.807) is 0 Å². The van der Waals surface area contributed by atoms with Crippen molar-refractivity contribution in [2.45, 2.75) is 110 Å². The van der Waals surface area contributed by atoms with Crippen molar-refractivity contribution in [3.05, 3.63) is 0 Å². The second-order valence-electron chi connectivity index (χ2n) is 8.15. The molecule has 0 saturated heterocycles. The Morgan fingerprint density at radius 1 is 0.800 bits per heavy atom. The zero-order valence-electron chi connectivity index (χ0n) is 19.3. The average Bonchev–Trinajstić information content (AvgIpc) is 2.70. The summed E-state index contributed by atoms with van der Waals surface area (Å²) < 4.78 is 0. The van der Waals surface area contributed by atoms with E-state index >= 15 is 0 Å². The van der Waals surface area contributed by atoms with Gasteiger partial charge >= 0.3 is 5.97 Å². The van der Waals surface area contributed by atoms with Gasteiger partial charge in [0, 0.05) is 6.42 Å². The summed E-state index contributed by atoms with van der Waals surface area (Å²) in [6, 6.07) is -1.22. The Labute approximate surface area is 183 Å². The number of carbonyl (C=O) groups excluding carboxylic acids is 2. The minimum Gasteiger partial charge on any atom is -0.480 e. The van der Waals surface area contributed by atoms with Crippen molar-refractivity contribution in [1.29, 1.82) is 0 Å². The van der Waals surface area contributed by atoms with Gasteiger partial charge in [-0.25, -0.2) is 4.79 Å². The maximum absolute atomic E-state index is 11.8. The number of carboxylic acids is 1. The lowest BCUT2D eigenvalue weighted by molar-refractivity contribution is -0.143. The number of nitrogens with two attached hydrogens (primary N) is 1. The van der Waals surface area contributed by atoms with Gasteiger partial charge in [0.05, 0.1) is 6.42 Å². The van der Waals surface area contributed by atoms with Crippen LogP contribution in [0.2, 0.25) is 0 Å². The first-order valence-corrected chi connectivity index (χ1v) is 11.9. The summed E-state index contributed by atoms with van der Waals surface area (Å²) in [5.74, 6) is -2.31. The molecule has 0 aliphatic carbocycles. The molecule has 4 N–H and O–H groups in total. The lowest BCUT2D eigenvalue weighted by Gasteiger charge is -2.17. The molecule has 0 spiro atoms. The minimum absolute atomic E-state index is 0.289. The summed E-state index contributed by atoms with van der Waals surface area (Å²) in [6.45, 7) is 8.01. The van der Waals surface area contributed by atoms with Crippen LogP contribution >= 0.6 is 0 Å². The van der Waals surface area contributed by atoms with E-state index < -0.39 is 17.9 Å². The molecule has 1 atom stereocenters. The maximum Gasteiger partial charge on any atom is 0.326 e. The number of hydrogen-bond donors (Lipinski definition) is 3. The normalized spacial score (nSPS) is 12.1. The van der Waals surface area contributed by atoms with Gasteiger partial charge in [0.2, 0.25) is 11.8 Å². The molecular formula is C23H45N3O4. The number of carbonyl (C=O) groups is 3. The number of nitrogens with zero attached hydrogens (tertiary/aromatic N) is 1. The highest BCUT2D eigenvalue weighted by Crippen LogP contribution is 2.13. The SMILES string of the molecule is CCN(CC)CCCCCCCCCCCCCCC(=O)NC(CC(N)=O)C(=O)O. The molecule has 0 rings (SSSR count). The molecule has 0 aromatic rings. The minimum atomic E-state index is -1.23. The third-order valence-corrected chi connectivity index (χ3v) is 5.56. The van der Waals surface area contributed by atoms with Crippen LogP contribution in [0.15, 0.2) is 0 Å². The molecule has 1 unspecified atom stereocenters. The molecule has 7 nitrogen and oxygen atoms in total. The van der Waals surface area contributed by atoms with Crippen molar-refractivity contribution in [3.63, 3.8) is 0 Å². The molecule has 176 valence electrons. The predicted molar refractivity (Wildman–Crippen MR) is 121 cm³/mol. The fourth-order valence-corrected chi connectivity index (χ4v) is 3.60. The second kappa shape index (κ2) is 19.3. The number of hydrogen-bond acceptors (Lipinski definition) is 4. The number of primary amides is 1. The highest BCUT2D eigenvalue weighted by atomic mass is 16.4. The Kier molecular flexibility index (Phi) is 18.3. The van der Waals surface area contributed by atoms with Crippen LogP contribution in [0.5, 0.6) is 0 Å². The van der Waals surface area contributed by atoms with E-state index in [0.717, 1.165) is 32.4 Å². The van der Waals surface area contributed by atoms with E-state index in [0.29, 0.717) is 0 Å². The summed E-state index contributed by atoms with van der Waals surface area (Å²) in [5.41, 5.74) is 5.00. The first-order chi connectivity index (χ1) is 14.4. The average molecular weight is 428 g/mol. The number of unbranched alkanes of at least 4 members (excludes halogenated alkanes) is 11. The first-order valence-electron chi connectivity index (χ1n) is 11.9. The fourth-order valence-electron chi connectivity index (χ4n) is 3.60. The van der Waals surface area contributed by atoms with Gasteiger partial charge in [-0.05, 0) is 32.5 Å². The Hall–Kier alpha value is -1.63. The van der Waals surface area contributed by atoms with Gasteiger partial charge in [-0.1, -0.05) is 78.1 Å². The van der Waals surface area contributed by atoms with Crippen molar-refractivity contribution < 1.29 is 19.5 Å². The molecule has 0 radical (unpaired) electrons. The van der Waals surface area contributed by atoms with E-state index in [4.69, 9.17) is 10.8 Å². The van der Waals surface area contributed by atoms with Crippen molar-refractivity contribution in [2.75, 3.05) is 19.6 Å². The lowest BCUT2D eigenvalue weighted by atomic mass is 10.0. The van der Waals surface area contributed by atoms with E-state index in [2.05, 4.69) is 24.1 Å².